The fourth-order valence-corrected chi connectivity index (χ4v) is 7.32. The number of benzene rings is 2. The predicted molar refractivity (Wildman–Crippen MR) is 183 cm³/mol. The first-order chi connectivity index (χ1) is 24.0. The van der Waals surface area contributed by atoms with Crippen LogP contribution in [0.4, 0.5) is 23.0 Å². The van der Waals surface area contributed by atoms with Crippen LogP contribution in [0.25, 0.3) is 0 Å². The molecule has 5 rings (SSSR count). The number of nitrogens with zero attached hydrogens (tertiary/aromatic N) is 2. The van der Waals surface area contributed by atoms with E-state index in [1.807, 2.05) is 24.3 Å². The predicted octanol–water partition coefficient (Wildman–Crippen LogP) is 5.24. The van der Waals surface area contributed by atoms with Gasteiger partial charge in [0.1, 0.15) is 35.8 Å². The fraction of sp³-hybridized carbons (Fsp3) is 0.429. The number of nitrogens with one attached hydrogen (secondary N) is 1. The van der Waals surface area contributed by atoms with E-state index in [0.29, 0.717) is 38.9 Å². The number of urea groups is 1. The van der Waals surface area contributed by atoms with E-state index in [2.05, 4.69) is 12.4 Å². The first kappa shape index (κ1) is 39.6. The molecule has 3 atom stereocenters. The highest BCUT2D eigenvalue weighted by Gasteiger charge is 2.41. The Morgan fingerprint density at radius 3 is 2.35 bits per heavy atom. The number of aliphatic carboxylic acids is 1. The van der Waals surface area contributed by atoms with Gasteiger partial charge in [-0.15, -0.1) is 11.3 Å². The molecule has 4 N–H and O–H groups in total. The highest BCUT2D eigenvalue weighted by Crippen LogP contribution is 2.29. The van der Waals surface area contributed by atoms with Crippen molar-refractivity contribution in [3.05, 3.63) is 81.7 Å². The number of amides is 3. The largest absolute Gasteiger partial charge is 0.542 e. The van der Waals surface area contributed by atoms with Gasteiger partial charge in [0.15, 0.2) is 0 Å². The normalized spacial score (nSPS) is 19.7. The number of rotatable bonds is 9. The zero-order chi connectivity index (χ0) is 37.3. The Morgan fingerprint density at radius 1 is 1.06 bits per heavy atom. The van der Waals surface area contributed by atoms with Crippen molar-refractivity contribution in [3.8, 4) is 5.75 Å². The summed E-state index contributed by atoms with van der Waals surface area (Å²) in [5.41, 5.74) is 8.30. The van der Waals surface area contributed by atoms with Gasteiger partial charge in [0.05, 0.1) is 30.7 Å². The second kappa shape index (κ2) is 17.4. The van der Waals surface area contributed by atoms with Gasteiger partial charge < -0.3 is 30.0 Å². The van der Waals surface area contributed by atoms with Gasteiger partial charge in [0.2, 0.25) is 5.91 Å². The fourth-order valence-electron chi connectivity index (χ4n) is 6.32. The van der Waals surface area contributed by atoms with Crippen molar-refractivity contribution in [1.29, 1.82) is 0 Å². The van der Waals surface area contributed by atoms with E-state index in [9.17, 15) is 32.7 Å². The molecule has 1 saturated heterocycles. The summed E-state index contributed by atoms with van der Waals surface area (Å²) in [5.74, 6) is -3.76. The molecule has 2 heterocycles. The van der Waals surface area contributed by atoms with Crippen molar-refractivity contribution < 1.29 is 51.8 Å². The molecule has 1 aliphatic heterocycles. The molecule has 0 spiro atoms. The number of alkyl halides is 3. The topological polar surface area (TPSA) is 162 Å². The quantitative estimate of drug-likeness (QED) is 0.197. The molecule has 2 aromatic carbocycles. The number of hydrogen-bond donors (Lipinski definition) is 3. The Labute approximate surface area is 302 Å². The average Bonchev–Trinajstić information content (AvgIpc) is 3.74. The summed E-state index contributed by atoms with van der Waals surface area (Å²) in [5, 5.41) is 22.4. The number of likely N-dealkylation sites (tertiary alicyclic amines) is 1. The van der Waals surface area contributed by atoms with Gasteiger partial charge in [-0.3, -0.25) is 15.0 Å². The van der Waals surface area contributed by atoms with E-state index in [4.69, 9.17) is 32.0 Å². The number of carboxylic acids is 1. The molecule has 2 fully saturated rings. The first-order valence-electron chi connectivity index (χ1n) is 16.4. The summed E-state index contributed by atoms with van der Waals surface area (Å²) in [7, 11) is 2.13. The minimum atomic E-state index is -5.19. The van der Waals surface area contributed by atoms with Crippen LogP contribution in [0, 0.1) is 0 Å². The number of esters is 1. The van der Waals surface area contributed by atoms with Crippen molar-refractivity contribution in [3.63, 3.8) is 0 Å². The third kappa shape index (κ3) is 11.7. The molecule has 1 aliphatic carbocycles. The maximum Gasteiger partial charge on any atom is 0.430 e. The van der Waals surface area contributed by atoms with Crippen LogP contribution in [0.3, 0.4) is 0 Å². The number of phenolic OH excluding ortho intramolecular Hbond substituents is 1. The van der Waals surface area contributed by atoms with Crippen LogP contribution in [-0.4, -0.2) is 82.9 Å². The number of nitrogens with two attached hydrogens (primary N) is 1. The number of phenols is 1. The van der Waals surface area contributed by atoms with Crippen molar-refractivity contribution in [2.24, 2.45) is 5.73 Å². The van der Waals surface area contributed by atoms with Crippen LogP contribution < -0.4 is 16.2 Å². The van der Waals surface area contributed by atoms with Gasteiger partial charge in [-0.2, -0.15) is 13.2 Å². The van der Waals surface area contributed by atoms with Gasteiger partial charge in [-0.25, -0.2) is 9.59 Å². The van der Waals surface area contributed by atoms with E-state index >= 15 is 0 Å². The maximum absolute atomic E-state index is 14.0. The number of halogens is 4. The molecule has 276 valence electrons. The Morgan fingerprint density at radius 2 is 1.73 bits per heavy atom. The second-order valence-corrected chi connectivity index (χ2v) is 14.5. The van der Waals surface area contributed by atoms with Gasteiger partial charge in [0, 0.05) is 10.6 Å². The summed E-state index contributed by atoms with van der Waals surface area (Å²) in [4.78, 5) is 51.0. The van der Waals surface area contributed by atoms with Crippen molar-refractivity contribution in [2.75, 3.05) is 25.5 Å². The van der Waals surface area contributed by atoms with E-state index in [1.54, 1.807) is 36.4 Å². The molecule has 0 bridgehead atoms. The zero-order valence-electron chi connectivity index (χ0n) is 27.9. The number of carbonyl (C=O) groups is 4. The van der Waals surface area contributed by atoms with Crippen LogP contribution in [0.15, 0.2) is 60.7 Å². The second-order valence-electron chi connectivity index (χ2n) is 13.0. The van der Waals surface area contributed by atoms with E-state index in [0.717, 1.165) is 61.1 Å². The minimum absolute atomic E-state index is 0.0588. The minimum Gasteiger partial charge on any atom is -0.542 e. The lowest BCUT2D eigenvalue weighted by Crippen LogP contribution is -2.62. The number of thiophene rings is 1. The Bertz CT molecular complexity index is 1680. The summed E-state index contributed by atoms with van der Waals surface area (Å²) in [6.45, 7) is 2.16. The van der Waals surface area contributed by atoms with Crippen LogP contribution >= 0.6 is 22.9 Å². The number of carbonyl (C=O) groups excluding carboxylic acids is 4. The highest BCUT2D eigenvalue weighted by atomic mass is 35.5. The highest BCUT2D eigenvalue weighted by molar-refractivity contribution is 7.18. The number of ether oxygens (including phenoxy) is 1. The molecule has 16 heteroatoms. The van der Waals surface area contributed by atoms with Crippen LogP contribution in [-0.2, 0) is 27.3 Å². The van der Waals surface area contributed by atoms with E-state index in [-0.39, 0.29) is 18.3 Å². The first-order valence-corrected chi connectivity index (χ1v) is 17.6. The van der Waals surface area contributed by atoms with Gasteiger partial charge in [-0.1, -0.05) is 35.9 Å². The lowest BCUT2D eigenvalue weighted by atomic mass is 9.98. The number of piperidine rings is 1. The molecule has 51 heavy (non-hydrogen) atoms. The summed E-state index contributed by atoms with van der Waals surface area (Å²) in [6.07, 6.45) is 0.286. The summed E-state index contributed by atoms with van der Waals surface area (Å²) < 4.78 is 37.8. The number of carboxylic acid groups (broad SMARTS) is 1. The molecule has 0 radical (unpaired) electrons. The zero-order valence-corrected chi connectivity index (χ0v) is 29.4. The van der Waals surface area contributed by atoms with Crippen molar-refractivity contribution >= 4 is 51.8 Å². The third-order valence-corrected chi connectivity index (χ3v) is 9.93. The van der Waals surface area contributed by atoms with Crippen molar-refractivity contribution in [1.82, 2.24) is 4.90 Å². The van der Waals surface area contributed by atoms with Gasteiger partial charge in [0.25, 0.3) is 0 Å². The monoisotopic (exact) mass is 752 g/mol. The number of quaternary nitrogens is 1. The van der Waals surface area contributed by atoms with Crippen LogP contribution in [0.1, 0.15) is 59.3 Å². The average molecular weight is 753 g/mol. The summed E-state index contributed by atoms with van der Waals surface area (Å²) in [6, 6.07) is 15.6. The van der Waals surface area contributed by atoms with Crippen molar-refractivity contribution in [2.45, 2.75) is 75.9 Å². The Hall–Kier alpha value is -4.18. The molecule has 1 saturated carbocycles. The molecular weight excluding hydrogens is 713 g/mol. The molecule has 11 nitrogen and oxygen atoms in total. The van der Waals surface area contributed by atoms with E-state index < -0.39 is 42.1 Å². The number of hydrogen-bond acceptors (Lipinski definition) is 9. The maximum atomic E-state index is 14.0. The molecule has 3 aromatic rings. The third-order valence-electron chi connectivity index (χ3n) is 8.72. The molecule has 1 unspecified atom stereocenters. The number of likely N-dealkylation sites (N-methyl/N-ethyl adjacent to an activating group) is 1. The molecule has 2 aliphatic rings. The number of anilines is 1. The van der Waals surface area contributed by atoms with Gasteiger partial charge >= 0.3 is 18.2 Å². The Balaban J connectivity index is 0.000000755. The lowest BCUT2D eigenvalue weighted by Gasteiger charge is -2.44. The molecule has 1 aromatic heterocycles. The molecular formula is C35H40ClF3N4O7S. The van der Waals surface area contributed by atoms with E-state index in [1.165, 1.54) is 4.90 Å². The number of imide groups is 1. The summed E-state index contributed by atoms with van der Waals surface area (Å²) >= 11 is 7.38. The standard InChI is InChI=1S/C33H39ClN4O5S.C2HF3O2/c1-38(20-23-6-4-7-24(34)18-23)17-5-8-25(21-38)37(31(40)28(35)19-22-11-13-26(39)14-12-22)33(42)36-30-16-15-29(44-30)32(41)43-27-9-2-3-10-27;3-2(4,5)1(6)7/h4,6-7,11-16,18,25,27-28H,2-3,5,8-10,17,19-21,35H2,1H3,(H-,36,39,41,42);(H,6,7)/t25-,28-,38?;/m0./s1. The SMILES string of the molecule is C[N+]1(Cc2cccc(Cl)c2)CCC[C@H](N(C(=O)Nc2ccc(C(=O)OC3CCCC3)s2)C(=O)[C@@H](N)Cc2ccc(O)cc2)C1.O=C([O-])C(F)(F)F. The van der Waals surface area contributed by atoms with Crippen LogP contribution in [0.2, 0.25) is 5.02 Å². The van der Waals surface area contributed by atoms with Gasteiger partial charge in [-0.05, 0) is 86.9 Å². The number of aromatic hydroxyl groups is 1. The lowest BCUT2D eigenvalue weighted by molar-refractivity contribution is -0.928. The smallest absolute Gasteiger partial charge is 0.430 e. The molecule has 3 amide bonds. The van der Waals surface area contributed by atoms with Crippen LogP contribution in [0.5, 0.6) is 5.75 Å². The Kier molecular flexibility index (Phi) is 13.5.